The number of carbonyl (C=O) groups is 1. The van der Waals surface area contributed by atoms with E-state index in [4.69, 9.17) is 0 Å². The number of amides is 1. The van der Waals surface area contributed by atoms with Crippen LogP contribution in [0.15, 0.2) is 72.1 Å². The van der Waals surface area contributed by atoms with Crippen LogP contribution in [0.4, 0.5) is 0 Å². The Balaban J connectivity index is 1.41. The number of rotatable bonds is 7. The number of nitrogens with zero attached hydrogens (tertiary/aromatic N) is 3. The largest absolute Gasteiger partial charge is 0.352 e. The standard InChI is InChI=1S/C18H18N4OS/c23-18(10-11-24-17-4-2-1-3-5-17)20-12-15-6-8-16(9-7-15)22-14-19-13-21-22/h1-9,13-14H,10-12H2,(H,20,23). The highest BCUT2D eigenvalue weighted by Crippen LogP contribution is 2.17. The van der Waals surface area contributed by atoms with Gasteiger partial charge in [-0.25, -0.2) is 9.67 Å². The van der Waals surface area contributed by atoms with E-state index >= 15 is 0 Å². The molecule has 0 aliphatic carbocycles. The van der Waals surface area contributed by atoms with Gasteiger partial charge in [0.25, 0.3) is 0 Å². The van der Waals surface area contributed by atoms with Gasteiger partial charge in [0.2, 0.25) is 5.91 Å². The van der Waals surface area contributed by atoms with E-state index in [2.05, 4.69) is 27.5 Å². The second-order valence-corrected chi connectivity index (χ2v) is 6.36. The van der Waals surface area contributed by atoms with Crippen LogP contribution in [-0.4, -0.2) is 26.4 Å². The van der Waals surface area contributed by atoms with Crippen molar-refractivity contribution < 1.29 is 4.79 Å². The number of hydrogen-bond donors (Lipinski definition) is 1. The van der Waals surface area contributed by atoms with Crippen LogP contribution >= 0.6 is 11.8 Å². The fraction of sp³-hybridized carbons (Fsp3) is 0.167. The van der Waals surface area contributed by atoms with E-state index in [0.29, 0.717) is 13.0 Å². The Morgan fingerprint density at radius 3 is 2.58 bits per heavy atom. The van der Waals surface area contributed by atoms with Crippen LogP contribution in [0.2, 0.25) is 0 Å². The lowest BCUT2D eigenvalue weighted by Gasteiger charge is -2.07. The zero-order valence-electron chi connectivity index (χ0n) is 13.1. The zero-order chi connectivity index (χ0) is 16.6. The molecule has 0 unspecified atom stereocenters. The molecule has 122 valence electrons. The summed E-state index contributed by atoms with van der Waals surface area (Å²) in [6.07, 6.45) is 3.67. The molecule has 0 saturated heterocycles. The van der Waals surface area contributed by atoms with Gasteiger partial charge in [-0.05, 0) is 29.8 Å². The Labute approximate surface area is 145 Å². The molecule has 3 aromatic rings. The summed E-state index contributed by atoms with van der Waals surface area (Å²) in [6, 6.07) is 18.0. The van der Waals surface area contributed by atoms with Gasteiger partial charge in [0.05, 0.1) is 5.69 Å². The van der Waals surface area contributed by atoms with E-state index in [1.165, 1.54) is 11.2 Å². The van der Waals surface area contributed by atoms with Crippen LogP contribution in [0.1, 0.15) is 12.0 Å². The fourth-order valence-electron chi connectivity index (χ4n) is 2.18. The number of thioether (sulfide) groups is 1. The molecule has 1 N–H and O–H groups in total. The van der Waals surface area contributed by atoms with Gasteiger partial charge in [-0.3, -0.25) is 4.79 Å². The minimum absolute atomic E-state index is 0.0683. The summed E-state index contributed by atoms with van der Waals surface area (Å²) in [7, 11) is 0. The number of aromatic nitrogens is 3. The van der Waals surface area contributed by atoms with Gasteiger partial charge in [0.1, 0.15) is 12.7 Å². The topological polar surface area (TPSA) is 59.8 Å². The van der Waals surface area contributed by atoms with E-state index in [1.807, 2.05) is 42.5 Å². The Morgan fingerprint density at radius 2 is 1.88 bits per heavy atom. The molecule has 5 nitrogen and oxygen atoms in total. The molecule has 0 bridgehead atoms. The van der Waals surface area contributed by atoms with E-state index in [9.17, 15) is 4.79 Å². The SMILES string of the molecule is O=C(CCSc1ccccc1)NCc1ccc(-n2cncn2)cc1. The van der Waals surface area contributed by atoms with Crippen molar-refractivity contribution in [1.29, 1.82) is 0 Å². The third kappa shape index (κ3) is 4.70. The summed E-state index contributed by atoms with van der Waals surface area (Å²) in [5.74, 6) is 0.847. The van der Waals surface area contributed by atoms with E-state index in [-0.39, 0.29) is 5.91 Å². The molecule has 2 aromatic carbocycles. The molecule has 3 rings (SSSR count). The first-order valence-electron chi connectivity index (χ1n) is 7.70. The molecule has 6 heteroatoms. The highest BCUT2D eigenvalue weighted by molar-refractivity contribution is 7.99. The normalized spacial score (nSPS) is 10.5. The number of nitrogens with one attached hydrogen (secondary N) is 1. The maximum Gasteiger partial charge on any atom is 0.221 e. The van der Waals surface area contributed by atoms with Gasteiger partial charge in [-0.1, -0.05) is 30.3 Å². The highest BCUT2D eigenvalue weighted by Gasteiger charge is 2.03. The number of hydrogen-bond acceptors (Lipinski definition) is 4. The van der Waals surface area contributed by atoms with Gasteiger partial charge in [-0.15, -0.1) is 11.8 Å². The quantitative estimate of drug-likeness (QED) is 0.673. The molecule has 1 amide bonds. The van der Waals surface area contributed by atoms with Crippen molar-refractivity contribution in [3.05, 3.63) is 72.8 Å². The monoisotopic (exact) mass is 338 g/mol. The summed E-state index contributed by atoms with van der Waals surface area (Å²) in [5, 5.41) is 7.03. The van der Waals surface area contributed by atoms with Crippen molar-refractivity contribution in [1.82, 2.24) is 20.1 Å². The molecule has 0 saturated carbocycles. The second-order valence-electron chi connectivity index (χ2n) is 5.19. The van der Waals surface area contributed by atoms with Crippen LogP contribution in [0.3, 0.4) is 0 Å². The van der Waals surface area contributed by atoms with Gasteiger partial charge < -0.3 is 5.32 Å². The minimum Gasteiger partial charge on any atom is -0.352 e. The summed E-state index contributed by atoms with van der Waals surface area (Å²) in [5.41, 5.74) is 2.00. The van der Waals surface area contributed by atoms with Crippen LogP contribution in [0, 0.1) is 0 Å². The summed E-state index contributed by atoms with van der Waals surface area (Å²) in [4.78, 5) is 17.0. The number of benzene rings is 2. The van der Waals surface area contributed by atoms with Gasteiger partial charge in [0, 0.05) is 23.6 Å². The Morgan fingerprint density at radius 1 is 1.08 bits per heavy atom. The van der Waals surface area contributed by atoms with E-state index < -0.39 is 0 Å². The molecule has 0 fully saturated rings. The molecular formula is C18H18N4OS. The van der Waals surface area contributed by atoms with Crippen molar-refractivity contribution in [3.8, 4) is 5.69 Å². The molecular weight excluding hydrogens is 320 g/mol. The lowest BCUT2D eigenvalue weighted by atomic mass is 10.2. The Hall–Kier alpha value is -2.60. The van der Waals surface area contributed by atoms with Crippen LogP contribution in [0.25, 0.3) is 5.69 Å². The third-order valence-electron chi connectivity index (χ3n) is 3.45. The Kier molecular flexibility index (Phi) is 5.63. The second kappa shape index (κ2) is 8.31. The first-order chi connectivity index (χ1) is 11.8. The molecule has 24 heavy (non-hydrogen) atoms. The summed E-state index contributed by atoms with van der Waals surface area (Å²) in [6.45, 7) is 0.534. The predicted molar refractivity (Wildman–Crippen MR) is 95.0 cm³/mol. The molecule has 1 aromatic heterocycles. The van der Waals surface area contributed by atoms with Crippen molar-refractivity contribution in [2.75, 3.05) is 5.75 Å². The van der Waals surface area contributed by atoms with Crippen molar-refractivity contribution in [3.63, 3.8) is 0 Å². The Bertz CT molecular complexity index is 757. The van der Waals surface area contributed by atoms with Crippen LogP contribution < -0.4 is 5.32 Å². The van der Waals surface area contributed by atoms with Gasteiger partial charge >= 0.3 is 0 Å². The molecule has 1 heterocycles. The minimum atomic E-state index is 0.0683. The van der Waals surface area contributed by atoms with E-state index in [0.717, 1.165) is 17.0 Å². The van der Waals surface area contributed by atoms with Crippen LogP contribution in [0.5, 0.6) is 0 Å². The van der Waals surface area contributed by atoms with Crippen molar-refractivity contribution in [2.45, 2.75) is 17.9 Å². The smallest absolute Gasteiger partial charge is 0.221 e. The van der Waals surface area contributed by atoms with Crippen molar-refractivity contribution in [2.24, 2.45) is 0 Å². The molecule has 0 spiro atoms. The number of carbonyl (C=O) groups excluding carboxylic acids is 1. The van der Waals surface area contributed by atoms with Gasteiger partial charge in [0.15, 0.2) is 0 Å². The maximum atomic E-state index is 11.9. The molecule has 0 atom stereocenters. The average molecular weight is 338 g/mol. The lowest BCUT2D eigenvalue weighted by Crippen LogP contribution is -2.22. The maximum absolute atomic E-state index is 11.9. The molecule has 0 aliphatic heterocycles. The summed E-state index contributed by atoms with van der Waals surface area (Å²) < 4.78 is 1.70. The van der Waals surface area contributed by atoms with Gasteiger partial charge in [-0.2, -0.15) is 5.10 Å². The highest BCUT2D eigenvalue weighted by atomic mass is 32.2. The molecule has 0 aliphatic rings. The average Bonchev–Trinajstić information content (AvgIpc) is 3.16. The zero-order valence-corrected chi connectivity index (χ0v) is 13.9. The van der Waals surface area contributed by atoms with Crippen molar-refractivity contribution >= 4 is 17.7 Å². The lowest BCUT2D eigenvalue weighted by molar-refractivity contribution is -0.120. The third-order valence-corrected chi connectivity index (χ3v) is 4.46. The summed E-state index contributed by atoms with van der Waals surface area (Å²) >= 11 is 1.69. The fourth-order valence-corrected chi connectivity index (χ4v) is 3.05. The first kappa shape index (κ1) is 16.3. The first-order valence-corrected chi connectivity index (χ1v) is 8.68. The van der Waals surface area contributed by atoms with Crippen LogP contribution in [-0.2, 0) is 11.3 Å². The van der Waals surface area contributed by atoms with E-state index in [1.54, 1.807) is 22.8 Å². The predicted octanol–water partition coefficient (Wildman–Crippen LogP) is 3.07. The molecule has 0 radical (unpaired) electrons.